The van der Waals surface area contributed by atoms with Crippen LogP contribution in [0.15, 0.2) is 0 Å². The van der Waals surface area contributed by atoms with Crippen LogP contribution in [0.4, 0.5) is 0 Å². The standard InChI is InChI=1S/C12H27NO4/c1-2-3-4-5-8-13(9-6-11(14)15)10-7-12(16)17/h11-12,14-17H,2-10H2,1H3. The van der Waals surface area contributed by atoms with E-state index in [0.717, 1.165) is 19.4 Å². The summed E-state index contributed by atoms with van der Waals surface area (Å²) in [4.78, 5) is 2.05. The fourth-order valence-corrected chi connectivity index (χ4v) is 1.69. The van der Waals surface area contributed by atoms with Crippen LogP contribution in [-0.2, 0) is 0 Å². The molecule has 104 valence electrons. The van der Waals surface area contributed by atoms with Crippen LogP contribution in [-0.4, -0.2) is 57.5 Å². The first kappa shape index (κ1) is 16.8. The van der Waals surface area contributed by atoms with Crippen molar-refractivity contribution in [3.63, 3.8) is 0 Å². The summed E-state index contributed by atoms with van der Waals surface area (Å²) in [5, 5.41) is 35.3. The summed E-state index contributed by atoms with van der Waals surface area (Å²) in [6.45, 7) is 4.19. The third kappa shape index (κ3) is 12.1. The Kier molecular flexibility index (Phi) is 10.8. The highest BCUT2D eigenvalue weighted by Crippen LogP contribution is 2.04. The van der Waals surface area contributed by atoms with Crippen molar-refractivity contribution in [2.75, 3.05) is 19.6 Å². The molecule has 0 spiro atoms. The lowest BCUT2D eigenvalue weighted by Crippen LogP contribution is -2.31. The Morgan fingerprint density at radius 2 is 1.29 bits per heavy atom. The molecule has 0 aromatic carbocycles. The first-order chi connectivity index (χ1) is 8.06. The van der Waals surface area contributed by atoms with Gasteiger partial charge in [-0.1, -0.05) is 26.2 Å². The van der Waals surface area contributed by atoms with Gasteiger partial charge >= 0.3 is 0 Å². The number of aliphatic hydroxyl groups is 4. The second kappa shape index (κ2) is 10.9. The van der Waals surface area contributed by atoms with Gasteiger partial charge < -0.3 is 25.3 Å². The lowest BCUT2D eigenvalue weighted by molar-refractivity contribution is -0.0595. The Labute approximate surface area is 104 Å². The van der Waals surface area contributed by atoms with E-state index in [-0.39, 0.29) is 0 Å². The van der Waals surface area contributed by atoms with E-state index in [4.69, 9.17) is 20.4 Å². The molecule has 0 aromatic heterocycles. The van der Waals surface area contributed by atoms with Gasteiger partial charge in [-0.2, -0.15) is 0 Å². The maximum atomic E-state index is 8.82. The van der Waals surface area contributed by atoms with Gasteiger partial charge in [-0.25, -0.2) is 0 Å². The van der Waals surface area contributed by atoms with Crippen molar-refractivity contribution in [3.05, 3.63) is 0 Å². The topological polar surface area (TPSA) is 84.2 Å². The van der Waals surface area contributed by atoms with Crippen molar-refractivity contribution >= 4 is 0 Å². The normalized spacial score (nSPS) is 12.0. The number of hydrogen-bond donors (Lipinski definition) is 4. The van der Waals surface area contributed by atoms with Gasteiger partial charge in [0.25, 0.3) is 0 Å². The van der Waals surface area contributed by atoms with Gasteiger partial charge in [-0.15, -0.1) is 0 Å². The summed E-state index contributed by atoms with van der Waals surface area (Å²) in [7, 11) is 0. The van der Waals surface area contributed by atoms with Gasteiger partial charge in [-0.05, 0) is 13.0 Å². The van der Waals surface area contributed by atoms with Crippen molar-refractivity contribution in [2.24, 2.45) is 0 Å². The molecule has 0 saturated carbocycles. The largest absolute Gasteiger partial charge is 0.368 e. The number of unbranched alkanes of at least 4 members (excludes halogenated alkanes) is 3. The average Bonchev–Trinajstić information content (AvgIpc) is 2.26. The molecule has 0 fully saturated rings. The van der Waals surface area contributed by atoms with Crippen molar-refractivity contribution in [1.29, 1.82) is 0 Å². The van der Waals surface area contributed by atoms with Gasteiger partial charge in [-0.3, -0.25) is 0 Å². The smallest absolute Gasteiger partial charge is 0.152 e. The van der Waals surface area contributed by atoms with E-state index in [0.29, 0.717) is 25.9 Å². The molecular formula is C12H27NO4. The first-order valence-corrected chi connectivity index (χ1v) is 6.51. The maximum absolute atomic E-state index is 8.82. The summed E-state index contributed by atoms with van der Waals surface area (Å²) >= 11 is 0. The van der Waals surface area contributed by atoms with Crippen LogP contribution in [0, 0.1) is 0 Å². The van der Waals surface area contributed by atoms with E-state index in [1.807, 2.05) is 0 Å². The number of nitrogens with zero attached hydrogens (tertiary/aromatic N) is 1. The zero-order chi connectivity index (χ0) is 13.1. The highest BCUT2D eigenvalue weighted by Gasteiger charge is 2.09. The van der Waals surface area contributed by atoms with Crippen molar-refractivity contribution < 1.29 is 20.4 Å². The van der Waals surface area contributed by atoms with E-state index >= 15 is 0 Å². The fraction of sp³-hybridized carbons (Fsp3) is 1.00. The number of rotatable bonds is 11. The predicted octanol–water partition coefficient (Wildman–Crippen LogP) is 0.270. The Hall–Kier alpha value is -0.200. The first-order valence-electron chi connectivity index (χ1n) is 6.51. The Morgan fingerprint density at radius 3 is 1.71 bits per heavy atom. The van der Waals surface area contributed by atoms with Crippen LogP contribution in [0.5, 0.6) is 0 Å². The molecule has 0 aliphatic rings. The Bertz CT molecular complexity index is 153. The van der Waals surface area contributed by atoms with Crippen LogP contribution < -0.4 is 0 Å². The SMILES string of the molecule is CCCCCCN(CCC(O)O)CCC(O)O. The lowest BCUT2D eigenvalue weighted by Gasteiger charge is -2.23. The molecule has 0 atom stereocenters. The average molecular weight is 249 g/mol. The second-order valence-corrected chi connectivity index (χ2v) is 4.44. The highest BCUT2D eigenvalue weighted by molar-refractivity contribution is 4.60. The molecule has 0 rings (SSSR count). The molecule has 0 bridgehead atoms. The van der Waals surface area contributed by atoms with Crippen LogP contribution >= 0.6 is 0 Å². The van der Waals surface area contributed by atoms with Crippen molar-refractivity contribution in [2.45, 2.75) is 58.0 Å². The Morgan fingerprint density at radius 1 is 0.765 bits per heavy atom. The molecule has 5 nitrogen and oxygen atoms in total. The summed E-state index contributed by atoms with van der Waals surface area (Å²) in [6.07, 6.45) is 2.65. The summed E-state index contributed by atoms with van der Waals surface area (Å²) < 4.78 is 0. The van der Waals surface area contributed by atoms with Gasteiger partial charge in [0.15, 0.2) is 12.6 Å². The summed E-state index contributed by atoms with van der Waals surface area (Å²) in [5.41, 5.74) is 0. The van der Waals surface area contributed by atoms with E-state index in [9.17, 15) is 0 Å². The molecule has 0 saturated heterocycles. The minimum atomic E-state index is -1.29. The molecule has 5 heteroatoms. The van der Waals surface area contributed by atoms with E-state index in [1.54, 1.807) is 0 Å². The molecule has 0 heterocycles. The minimum Gasteiger partial charge on any atom is -0.368 e. The van der Waals surface area contributed by atoms with Gasteiger partial charge in [0.1, 0.15) is 0 Å². The van der Waals surface area contributed by atoms with Crippen LogP contribution in [0.1, 0.15) is 45.4 Å². The molecule has 0 radical (unpaired) electrons. The molecule has 4 N–H and O–H groups in total. The molecular weight excluding hydrogens is 222 g/mol. The van der Waals surface area contributed by atoms with Gasteiger partial charge in [0.2, 0.25) is 0 Å². The Balaban J connectivity index is 3.75. The maximum Gasteiger partial charge on any atom is 0.152 e. The highest BCUT2D eigenvalue weighted by atomic mass is 16.5. The quantitative estimate of drug-likeness (QED) is 0.312. The lowest BCUT2D eigenvalue weighted by atomic mass is 10.2. The van der Waals surface area contributed by atoms with E-state index in [2.05, 4.69) is 11.8 Å². The van der Waals surface area contributed by atoms with E-state index in [1.165, 1.54) is 12.8 Å². The van der Waals surface area contributed by atoms with Crippen molar-refractivity contribution in [1.82, 2.24) is 4.90 Å². The van der Waals surface area contributed by atoms with Crippen molar-refractivity contribution in [3.8, 4) is 0 Å². The van der Waals surface area contributed by atoms with E-state index < -0.39 is 12.6 Å². The molecule has 0 aliphatic carbocycles. The molecule has 17 heavy (non-hydrogen) atoms. The molecule has 0 aliphatic heterocycles. The second-order valence-electron chi connectivity index (χ2n) is 4.44. The van der Waals surface area contributed by atoms with Crippen LogP contribution in [0.2, 0.25) is 0 Å². The molecule has 0 amide bonds. The third-order valence-electron chi connectivity index (χ3n) is 2.73. The predicted molar refractivity (Wildman–Crippen MR) is 66.3 cm³/mol. The fourth-order valence-electron chi connectivity index (χ4n) is 1.69. The monoisotopic (exact) mass is 249 g/mol. The summed E-state index contributed by atoms with van der Waals surface area (Å²) in [6, 6.07) is 0. The minimum absolute atomic E-state index is 0.301. The third-order valence-corrected chi connectivity index (χ3v) is 2.73. The van der Waals surface area contributed by atoms with Gasteiger partial charge in [0, 0.05) is 25.9 Å². The number of hydrogen-bond acceptors (Lipinski definition) is 5. The molecule has 0 aromatic rings. The van der Waals surface area contributed by atoms with Crippen LogP contribution in [0.25, 0.3) is 0 Å². The van der Waals surface area contributed by atoms with Gasteiger partial charge in [0.05, 0.1) is 0 Å². The van der Waals surface area contributed by atoms with Crippen LogP contribution in [0.3, 0.4) is 0 Å². The zero-order valence-electron chi connectivity index (χ0n) is 10.8. The molecule has 0 unspecified atom stereocenters. The zero-order valence-corrected chi connectivity index (χ0v) is 10.8. The number of aliphatic hydroxyl groups excluding tert-OH is 2. The summed E-state index contributed by atoms with van der Waals surface area (Å²) in [5.74, 6) is 0.